The molecule has 2 aromatic rings. The monoisotopic (exact) mass is 276 g/mol. The molecule has 18 heavy (non-hydrogen) atoms. The molecule has 0 saturated heterocycles. The number of aryl methyl sites for hydroxylation is 1. The highest BCUT2D eigenvalue weighted by atomic mass is 35.5. The molecule has 0 N–H and O–H groups in total. The van der Waals surface area contributed by atoms with Crippen LogP contribution in [-0.4, -0.2) is 9.97 Å². The van der Waals surface area contributed by atoms with Gasteiger partial charge in [-0.05, 0) is 19.1 Å². The normalized spacial score (nSPS) is 10.8. The van der Waals surface area contributed by atoms with Crippen molar-refractivity contribution in [1.82, 2.24) is 9.97 Å². The van der Waals surface area contributed by atoms with Crippen molar-refractivity contribution < 1.29 is 17.6 Å². The summed E-state index contributed by atoms with van der Waals surface area (Å²) in [4.78, 5) is 7.23. The Kier molecular flexibility index (Phi) is 3.21. The maximum absolute atomic E-state index is 13.2. The maximum Gasteiger partial charge on any atom is 0.194 e. The zero-order chi connectivity index (χ0) is 13.4. The molecular weight excluding hydrogens is 272 g/mol. The van der Waals surface area contributed by atoms with Crippen molar-refractivity contribution in [2.24, 2.45) is 0 Å². The van der Waals surface area contributed by atoms with Crippen LogP contribution in [0, 0.1) is 30.2 Å². The van der Waals surface area contributed by atoms with E-state index in [4.69, 9.17) is 11.6 Å². The number of hydrogen-bond donors (Lipinski definition) is 0. The van der Waals surface area contributed by atoms with E-state index in [0.717, 1.165) is 0 Å². The van der Waals surface area contributed by atoms with Gasteiger partial charge in [-0.15, -0.1) is 0 Å². The van der Waals surface area contributed by atoms with E-state index in [0.29, 0.717) is 12.1 Å². The number of hydrogen-bond acceptors (Lipinski definition) is 2. The van der Waals surface area contributed by atoms with Crippen LogP contribution in [0.1, 0.15) is 5.69 Å². The Hall–Kier alpha value is -1.69. The van der Waals surface area contributed by atoms with Gasteiger partial charge in [-0.2, -0.15) is 0 Å². The minimum Gasteiger partial charge on any atom is -0.230 e. The van der Waals surface area contributed by atoms with Crippen molar-refractivity contribution in [2.75, 3.05) is 0 Å². The fourth-order valence-corrected chi connectivity index (χ4v) is 1.55. The SMILES string of the molecule is Cc1nc(-c2cc(F)c(F)c(F)c2)nc(Cl)c1F. The van der Waals surface area contributed by atoms with Crippen LogP contribution >= 0.6 is 11.6 Å². The molecule has 0 atom stereocenters. The van der Waals surface area contributed by atoms with Crippen LogP contribution < -0.4 is 0 Å². The molecule has 0 aliphatic heterocycles. The third-order valence-corrected chi connectivity index (χ3v) is 2.47. The average Bonchev–Trinajstić information content (AvgIpc) is 2.31. The molecule has 1 aromatic carbocycles. The zero-order valence-electron chi connectivity index (χ0n) is 8.94. The Morgan fingerprint density at radius 3 is 2.00 bits per heavy atom. The minimum absolute atomic E-state index is 0.0739. The number of rotatable bonds is 1. The third kappa shape index (κ3) is 2.15. The average molecular weight is 277 g/mol. The van der Waals surface area contributed by atoms with Gasteiger partial charge in [0.05, 0.1) is 5.69 Å². The van der Waals surface area contributed by atoms with Gasteiger partial charge >= 0.3 is 0 Å². The van der Waals surface area contributed by atoms with Crippen LogP contribution in [0.4, 0.5) is 17.6 Å². The quantitative estimate of drug-likeness (QED) is 0.451. The molecule has 7 heteroatoms. The number of benzene rings is 1. The van der Waals surface area contributed by atoms with Gasteiger partial charge in [-0.3, -0.25) is 0 Å². The van der Waals surface area contributed by atoms with E-state index < -0.39 is 28.4 Å². The second-order valence-electron chi connectivity index (χ2n) is 3.49. The van der Waals surface area contributed by atoms with Gasteiger partial charge in [0.15, 0.2) is 34.2 Å². The van der Waals surface area contributed by atoms with E-state index in [-0.39, 0.29) is 17.1 Å². The third-order valence-electron chi connectivity index (χ3n) is 2.22. The Morgan fingerprint density at radius 1 is 0.944 bits per heavy atom. The molecule has 94 valence electrons. The summed E-state index contributed by atoms with van der Waals surface area (Å²) in [5, 5.41) is -0.470. The predicted octanol–water partition coefficient (Wildman–Crippen LogP) is 3.66. The molecule has 0 bridgehead atoms. The Morgan fingerprint density at radius 2 is 1.50 bits per heavy atom. The molecule has 1 heterocycles. The molecule has 0 amide bonds. The standard InChI is InChI=1S/C11H5ClF4N2/c1-4-8(15)10(12)18-11(17-4)5-2-6(13)9(16)7(14)3-5/h2-3H,1H3. The van der Waals surface area contributed by atoms with Gasteiger partial charge in [0.1, 0.15) is 0 Å². The summed E-state index contributed by atoms with van der Waals surface area (Å²) >= 11 is 5.49. The van der Waals surface area contributed by atoms with Crippen LogP contribution in [0.15, 0.2) is 12.1 Å². The number of aromatic nitrogens is 2. The smallest absolute Gasteiger partial charge is 0.194 e. The summed E-state index contributed by atoms with van der Waals surface area (Å²) in [6.45, 7) is 1.32. The molecule has 1 aromatic heterocycles. The van der Waals surface area contributed by atoms with E-state index in [1.165, 1.54) is 6.92 Å². The summed E-state index contributed by atoms with van der Waals surface area (Å²) in [5.41, 5.74) is -0.202. The zero-order valence-corrected chi connectivity index (χ0v) is 9.69. The Labute approximate surface area is 104 Å². The van der Waals surface area contributed by atoms with Crippen molar-refractivity contribution in [1.29, 1.82) is 0 Å². The van der Waals surface area contributed by atoms with Crippen molar-refractivity contribution in [3.8, 4) is 11.4 Å². The highest BCUT2D eigenvalue weighted by Gasteiger charge is 2.15. The summed E-state index contributed by atoms with van der Waals surface area (Å²) < 4.78 is 52.0. The van der Waals surface area contributed by atoms with Gasteiger partial charge in [-0.25, -0.2) is 27.5 Å². The Bertz CT molecular complexity index is 529. The summed E-state index contributed by atoms with van der Waals surface area (Å²) in [6.07, 6.45) is 0. The number of halogens is 5. The van der Waals surface area contributed by atoms with E-state index in [2.05, 4.69) is 9.97 Å². The summed E-state index contributed by atoms with van der Waals surface area (Å²) in [7, 11) is 0. The lowest BCUT2D eigenvalue weighted by atomic mass is 10.2. The van der Waals surface area contributed by atoms with Gasteiger partial charge in [0, 0.05) is 5.56 Å². The van der Waals surface area contributed by atoms with Crippen molar-refractivity contribution in [2.45, 2.75) is 6.92 Å². The largest absolute Gasteiger partial charge is 0.230 e. The lowest BCUT2D eigenvalue weighted by Gasteiger charge is -2.05. The predicted molar refractivity (Wildman–Crippen MR) is 57.0 cm³/mol. The van der Waals surface area contributed by atoms with Gasteiger partial charge in [0.2, 0.25) is 0 Å². The van der Waals surface area contributed by atoms with E-state index in [1.807, 2.05) is 0 Å². The first-order valence-corrected chi connectivity index (χ1v) is 5.12. The molecule has 0 saturated carbocycles. The van der Waals surface area contributed by atoms with Crippen molar-refractivity contribution in [3.63, 3.8) is 0 Å². The fraction of sp³-hybridized carbons (Fsp3) is 0.0909. The minimum atomic E-state index is -1.59. The fourth-order valence-electron chi connectivity index (χ4n) is 1.34. The molecular formula is C11H5ClF4N2. The number of nitrogens with zero attached hydrogens (tertiary/aromatic N) is 2. The molecule has 0 fully saturated rings. The lowest BCUT2D eigenvalue weighted by Crippen LogP contribution is -1.99. The molecule has 2 rings (SSSR count). The first kappa shape index (κ1) is 12.8. The van der Waals surface area contributed by atoms with E-state index >= 15 is 0 Å². The van der Waals surface area contributed by atoms with Crippen LogP contribution in [0.5, 0.6) is 0 Å². The molecule has 0 radical (unpaired) electrons. The first-order chi connectivity index (χ1) is 8.40. The second kappa shape index (κ2) is 4.53. The highest BCUT2D eigenvalue weighted by molar-refractivity contribution is 6.29. The van der Waals surface area contributed by atoms with E-state index in [9.17, 15) is 17.6 Å². The molecule has 0 unspecified atom stereocenters. The highest BCUT2D eigenvalue weighted by Crippen LogP contribution is 2.24. The van der Waals surface area contributed by atoms with E-state index in [1.54, 1.807) is 0 Å². The summed E-state index contributed by atoms with van der Waals surface area (Å²) in [5.74, 6) is -5.36. The van der Waals surface area contributed by atoms with Gasteiger partial charge in [0.25, 0.3) is 0 Å². The van der Waals surface area contributed by atoms with Crippen LogP contribution in [0.2, 0.25) is 5.15 Å². The topological polar surface area (TPSA) is 25.8 Å². The Balaban J connectivity index is 2.63. The molecule has 0 aliphatic carbocycles. The lowest BCUT2D eigenvalue weighted by molar-refractivity contribution is 0.447. The molecule has 2 nitrogen and oxygen atoms in total. The maximum atomic E-state index is 13.2. The first-order valence-electron chi connectivity index (χ1n) is 4.74. The molecule has 0 spiro atoms. The van der Waals surface area contributed by atoms with Crippen LogP contribution in [-0.2, 0) is 0 Å². The van der Waals surface area contributed by atoms with Gasteiger partial charge < -0.3 is 0 Å². The second-order valence-corrected chi connectivity index (χ2v) is 3.85. The summed E-state index contributed by atoms with van der Waals surface area (Å²) in [6, 6.07) is 1.42. The van der Waals surface area contributed by atoms with Crippen LogP contribution in [0.3, 0.4) is 0 Å². The van der Waals surface area contributed by atoms with Gasteiger partial charge in [-0.1, -0.05) is 11.6 Å². The molecule has 0 aliphatic rings. The van der Waals surface area contributed by atoms with Crippen molar-refractivity contribution in [3.05, 3.63) is 46.2 Å². The van der Waals surface area contributed by atoms with Crippen LogP contribution in [0.25, 0.3) is 11.4 Å². The van der Waals surface area contributed by atoms with Crippen molar-refractivity contribution >= 4 is 11.6 Å².